The molecule has 0 bridgehead atoms. The van der Waals surface area contributed by atoms with E-state index in [4.69, 9.17) is 10.3 Å². The second-order valence-corrected chi connectivity index (χ2v) is 5.05. The van der Waals surface area contributed by atoms with Crippen molar-refractivity contribution in [3.05, 3.63) is 23.2 Å². The summed E-state index contributed by atoms with van der Waals surface area (Å²) in [6, 6.07) is 4.08. The standard InChI is InChI=1S/C11H12N2OS/c1-6-5-7(6)10-9(11(12)14-13-10)8-3-2-4-15-8/h2-4,6-7H,5,12H2,1H3. The maximum atomic E-state index is 5.82. The van der Waals surface area contributed by atoms with E-state index in [-0.39, 0.29) is 0 Å². The SMILES string of the molecule is CC1CC1c1noc(N)c1-c1cccs1. The average molecular weight is 220 g/mol. The van der Waals surface area contributed by atoms with Crippen LogP contribution in [0.4, 0.5) is 5.88 Å². The molecule has 1 aliphatic rings. The third-order valence-electron chi connectivity index (χ3n) is 2.97. The van der Waals surface area contributed by atoms with Gasteiger partial charge >= 0.3 is 0 Å². The Kier molecular flexibility index (Phi) is 1.85. The second kappa shape index (κ2) is 3.10. The van der Waals surface area contributed by atoms with Gasteiger partial charge < -0.3 is 10.3 Å². The van der Waals surface area contributed by atoms with Crippen LogP contribution in [0.3, 0.4) is 0 Å². The fourth-order valence-corrected chi connectivity index (χ4v) is 2.72. The molecule has 1 aliphatic carbocycles. The molecule has 2 unspecified atom stereocenters. The minimum absolute atomic E-state index is 0.451. The Balaban J connectivity index is 2.09. The minimum Gasteiger partial charge on any atom is -0.367 e. The van der Waals surface area contributed by atoms with Crippen molar-refractivity contribution in [1.29, 1.82) is 0 Å². The van der Waals surface area contributed by atoms with Gasteiger partial charge in [-0.25, -0.2) is 0 Å². The quantitative estimate of drug-likeness (QED) is 0.846. The molecule has 4 heteroatoms. The lowest BCUT2D eigenvalue weighted by Crippen LogP contribution is -1.87. The number of hydrogen-bond donors (Lipinski definition) is 1. The number of thiophene rings is 1. The monoisotopic (exact) mass is 220 g/mol. The Labute approximate surface area is 91.9 Å². The third-order valence-corrected chi connectivity index (χ3v) is 3.86. The highest BCUT2D eigenvalue weighted by atomic mass is 32.1. The maximum absolute atomic E-state index is 5.82. The summed E-state index contributed by atoms with van der Waals surface area (Å²) in [6.07, 6.45) is 1.20. The van der Waals surface area contributed by atoms with Crippen LogP contribution in [0.5, 0.6) is 0 Å². The van der Waals surface area contributed by atoms with Crippen molar-refractivity contribution in [2.24, 2.45) is 5.92 Å². The molecule has 3 rings (SSSR count). The van der Waals surface area contributed by atoms with E-state index >= 15 is 0 Å². The molecule has 0 aromatic carbocycles. The first-order valence-corrected chi connectivity index (χ1v) is 5.94. The zero-order valence-electron chi connectivity index (χ0n) is 8.43. The Morgan fingerprint density at radius 1 is 1.60 bits per heavy atom. The van der Waals surface area contributed by atoms with Crippen LogP contribution in [0.1, 0.15) is 25.0 Å². The van der Waals surface area contributed by atoms with Crippen LogP contribution < -0.4 is 5.73 Å². The Bertz CT molecular complexity index is 475. The van der Waals surface area contributed by atoms with Crippen LogP contribution in [0.15, 0.2) is 22.0 Å². The van der Waals surface area contributed by atoms with Gasteiger partial charge in [0, 0.05) is 10.8 Å². The number of nitrogen functional groups attached to an aromatic ring is 1. The molecule has 2 heterocycles. The molecule has 2 N–H and O–H groups in total. The molecule has 0 amide bonds. The molecule has 2 atom stereocenters. The van der Waals surface area contributed by atoms with Crippen molar-refractivity contribution in [1.82, 2.24) is 5.16 Å². The van der Waals surface area contributed by atoms with Crippen LogP contribution in [0.25, 0.3) is 10.4 Å². The predicted octanol–water partition coefficient (Wildman–Crippen LogP) is 3.11. The van der Waals surface area contributed by atoms with Crippen molar-refractivity contribution in [2.45, 2.75) is 19.3 Å². The second-order valence-electron chi connectivity index (χ2n) is 4.10. The molecule has 0 radical (unpaired) electrons. The lowest BCUT2D eigenvalue weighted by molar-refractivity contribution is 0.427. The number of hydrogen-bond acceptors (Lipinski definition) is 4. The Morgan fingerprint density at radius 2 is 2.40 bits per heavy atom. The summed E-state index contributed by atoms with van der Waals surface area (Å²) in [4.78, 5) is 1.16. The average Bonchev–Trinajstić information content (AvgIpc) is 2.70. The minimum atomic E-state index is 0.451. The van der Waals surface area contributed by atoms with Gasteiger partial charge in [-0.05, 0) is 23.8 Å². The molecule has 78 valence electrons. The van der Waals surface area contributed by atoms with E-state index in [1.54, 1.807) is 11.3 Å². The molecule has 15 heavy (non-hydrogen) atoms. The first-order valence-electron chi connectivity index (χ1n) is 5.06. The number of nitrogens with zero attached hydrogens (tertiary/aromatic N) is 1. The molecule has 1 saturated carbocycles. The van der Waals surface area contributed by atoms with Crippen molar-refractivity contribution < 1.29 is 4.52 Å². The van der Waals surface area contributed by atoms with Crippen molar-refractivity contribution in [3.8, 4) is 10.4 Å². The lowest BCUT2D eigenvalue weighted by Gasteiger charge is -1.96. The van der Waals surface area contributed by atoms with Crippen molar-refractivity contribution in [3.63, 3.8) is 0 Å². The molecule has 2 aromatic rings. The first kappa shape index (κ1) is 8.97. The van der Waals surface area contributed by atoms with E-state index in [0.717, 1.165) is 16.1 Å². The zero-order chi connectivity index (χ0) is 10.4. The lowest BCUT2D eigenvalue weighted by atomic mass is 10.1. The summed E-state index contributed by atoms with van der Waals surface area (Å²) in [7, 11) is 0. The summed E-state index contributed by atoms with van der Waals surface area (Å²) < 4.78 is 5.10. The molecule has 1 fully saturated rings. The van der Waals surface area contributed by atoms with Crippen molar-refractivity contribution >= 4 is 17.2 Å². The zero-order valence-corrected chi connectivity index (χ0v) is 9.25. The van der Waals surface area contributed by atoms with E-state index in [1.165, 1.54) is 6.42 Å². The van der Waals surface area contributed by atoms with Gasteiger partial charge in [0.15, 0.2) is 0 Å². The van der Waals surface area contributed by atoms with Gasteiger partial charge in [-0.1, -0.05) is 18.1 Å². The summed E-state index contributed by atoms with van der Waals surface area (Å²) in [6.45, 7) is 2.23. The Hall–Kier alpha value is -1.29. The number of rotatable bonds is 2. The van der Waals surface area contributed by atoms with E-state index in [9.17, 15) is 0 Å². The van der Waals surface area contributed by atoms with Crippen LogP contribution >= 0.6 is 11.3 Å². The fourth-order valence-electron chi connectivity index (χ4n) is 1.94. The predicted molar refractivity (Wildman–Crippen MR) is 60.8 cm³/mol. The highest BCUT2D eigenvalue weighted by Crippen LogP contribution is 2.51. The highest BCUT2D eigenvalue weighted by Gasteiger charge is 2.39. The van der Waals surface area contributed by atoms with E-state index < -0.39 is 0 Å². The van der Waals surface area contributed by atoms with Gasteiger partial charge in [-0.3, -0.25) is 0 Å². The third kappa shape index (κ3) is 1.36. The van der Waals surface area contributed by atoms with E-state index in [2.05, 4.69) is 18.1 Å². The topological polar surface area (TPSA) is 52.0 Å². The van der Waals surface area contributed by atoms with Crippen LogP contribution in [-0.2, 0) is 0 Å². The largest absolute Gasteiger partial charge is 0.367 e. The summed E-state index contributed by atoms with van der Waals surface area (Å²) >= 11 is 1.68. The van der Waals surface area contributed by atoms with Crippen LogP contribution in [0, 0.1) is 5.92 Å². The molecule has 2 aromatic heterocycles. The van der Waals surface area contributed by atoms with Gasteiger partial charge in [0.2, 0.25) is 5.88 Å². The smallest absolute Gasteiger partial charge is 0.231 e. The Morgan fingerprint density at radius 3 is 3.00 bits per heavy atom. The maximum Gasteiger partial charge on any atom is 0.231 e. The van der Waals surface area contributed by atoms with Gasteiger partial charge in [-0.2, -0.15) is 0 Å². The van der Waals surface area contributed by atoms with Gasteiger partial charge in [0.25, 0.3) is 0 Å². The van der Waals surface area contributed by atoms with Crippen LogP contribution in [0.2, 0.25) is 0 Å². The van der Waals surface area contributed by atoms with E-state index in [0.29, 0.717) is 17.7 Å². The normalized spacial score (nSPS) is 24.3. The van der Waals surface area contributed by atoms with E-state index in [1.807, 2.05) is 11.4 Å². The summed E-state index contributed by atoms with van der Waals surface area (Å²) in [5.74, 6) is 1.71. The summed E-state index contributed by atoms with van der Waals surface area (Å²) in [5.41, 5.74) is 7.88. The molecule has 0 aliphatic heterocycles. The highest BCUT2D eigenvalue weighted by molar-refractivity contribution is 7.13. The van der Waals surface area contributed by atoms with Gasteiger partial charge in [0.1, 0.15) is 0 Å². The molecule has 3 nitrogen and oxygen atoms in total. The first-order chi connectivity index (χ1) is 7.27. The molecule has 0 spiro atoms. The number of aromatic nitrogens is 1. The molecular formula is C11H12N2OS. The number of nitrogens with two attached hydrogens (primary N) is 1. The van der Waals surface area contributed by atoms with Crippen LogP contribution in [-0.4, -0.2) is 5.16 Å². The molecular weight excluding hydrogens is 208 g/mol. The molecule has 0 saturated heterocycles. The summed E-state index contributed by atoms with van der Waals surface area (Å²) in [5, 5.41) is 6.13. The fraction of sp³-hybridized carbons (Fsp3) is 0.364. The van der Waals surface area contributed by atoms with Gasteiger partial charge in [-0.15, -0.1) is 11.3 Å². The number of anilines is 1. The van der Waals surface area contributed by atoms with Gasteiger partial charge in [0.05, 0.1) is 11.3 Å². The van der Waals surface area contributed by atoms with Crippen molar-refractivity contribution in [2.75, 3.05) is 5.73 Å².